The summed E-state index contributed by atoms with van der Waals surface area (Å²) in [5.41, 5.74) is 2.66. The maximum absolute atomic E-state index is 12.3. The predicted octanol–water partition coefficient (Wildman–Crippen LogP) is 3.61. The molecule has 4 heteroatoms. The number of carbonyl (C=O) groups excluding carboxylic acids is 1. The average Bonchev–Trinajstić information content (AvgIpc) is 3.16. The number of piperazine rings is 1. The summed E-state index contributed by atoms with van der Waals surface area (Å²) >= 11 is 0. The van der Waals surface area contributed by atoms with Gasteiger partial charge >= 0.3 is 6.03 Å². The summed E-state index contributed by atoms with van der Waals surface area (Å²) < 4.78 is 0. The first-order chi connectivity index (χ1) is 11.7. The first-order valence-corrected chi connectivity index (χ1v) is 9.21. The number of hydrogen-bond acceptors (Lipinski definition) is 2. The van der Waals surface area contributed by atoms with Crippen LogP contribution in [0, 0.1) is 5.92 Å². The molecule has 1 saturated heterocycles. The maximum Gasteiger partial charge on any atom is 0.321 e. The number of urea groups is 1. The molecule has 0 unspecified atom stereocenters. The van der Waals surface area contributed by atoms with Crippen molar-refractivity contribution >= 4 is 6.03 Å². The summed E-state index contributed by atoms with van der Waals surface area (Å²) in [7, 11) is 0. The van der Waals surface area contributed by atoms with Gasteiger partial charge < -0.3 is 10.2 Å². The third-order valence-electron chi connectivity index (χ3n) is 5.33. The van der Waals surface area contributed by atoms with Gasteiger partial charge in [-0.2, -0.15) is 0 Å². The summed E-state index contributed by atoms with van der Waals surface area (Å²) in [6.07, 6.45) is 7.14. The Bertz CT molecular complexity index is 556. The molecule has 1 saturated carbocycles. The number of nitrogens with one attached hydrogen (secondary N) is 1. The molecule has 0 radical (unpaired) electrons. The highest BCUT2D eigenvalue weighted by Crippen LogP contribution is 2.30. The van der Waals surface area contributed by atoms with Crippen molar-refractivity contribution in [3.8, 4) is 0 Å². The highest BCUT2D eigenvalue weighted by atomic mass is 16.2. The molecule has 1 aliphatic heterocycles. The van der Waals surface area contributed by atoms with E-state index in [4.69, 9.17) is 0 Å². The van der Waals surface area contributed by atoms with E-state index >= 15 is 0 Å². The third-order valence-corrected chi connectivity index (χ3v) is 5.33. The van der Waals surface area contributed by atoms with Crippen LogP contribution in [0.1, 0.15) is 38.2 Å². The topological polar surface area (TPSA) is 35.6 Å². The molecule has 1 aromatic rings. The van der Waals surface area contributed by atoms with Gasteiger partial charge in [-0.05, 0) is 31.2 Å². The van der Waals surface area contributed by atoms with Crippen molar-refractivity contribution in [2.75, 3.05) is 26.2 Å². The van der Waals surface area contributed by atoms with Gasteiger partial charge in [-0.3, -0.25) is 4.90 Å². The Hall–Kier alpha value is -1.81. The van der Waals surface area contributed by atoms with Crippen LogP contribution < -0.4 is 5.32 Å². The predicted molar refractivity (Wildman–Crippen MR) is 97.5 cm³/mol. The Labute approximate surface area is 145 Å². The number of amides is 2. The van der Waals surface area contributed by atoms with Crippen molar-refractivity contribution in [1.82, 2.24) is 15.1 Å². The molecule has 1 aliphatic carbocycles. The highest BCUT2D eigenvalue weighted by Gasteiger charge is 2.21. The number of benzene rings is 1. The summed E-state index contributed by atoms with van der Waals surface area (Å²) in [5.74, 6) is 0.674. The van der Waals surface area contributed by atoms with E-state index in [0.717, 1.165) is 32.7 Å². The van der Waals surface area contributed by atoms with Crippen LogP contribution in [-0.4, -0.2) is 42.0 Å². The van der Waals surface area contributed by atoms with Gasteiger partial charge in [0.1, 0.15) is 0 Å². The fourth-order valence-corrected chi connectivity index (χ4v) is 3.72. The molecule has 0 spiro atoms. The number of nitrogens with zero attached hydrogens (tertiary/aromatic N) is 2. The lowest BCUT2D eigenvalue weighted by Crippen LogP contribution is -2.50. The molecule has 0 bridgehead atoms. The molecule has 2 aliphatic rings. The minimum Gasteiger partial charge on any atom is -0.322 e. The largest absolute Gasteiger partial charge is 0.322 e. The molecular weight excluding hydrogens is 298 g/mol. The van der Waals surface area contributed by atoms with Crippen molar-refractivity contribution in [3.05, 3.63) is 47.7 Å². The van der Waals surface area contributed by atoms with E-state index in [1.165, 1.54) is 36.8 Å². The van der Waals surface area contributed by atoms with E-state index in [1.54, 1.807) is 0 Å². The number of carbonyl (C=O) groups is 1. The van der Waals surface area contributed by atoms with Crippen LogP contribution in [0.15, 0.2) is 42.1 Å². The van der Waals surface area contributed by atoms with Crippen LogP contribution in [0.5, 0.6) is 0 Å². The normalized spacial score (nSPS) is 20.4. The fourth-order valence-electron chi connectivity index (χ4n) is 3.72. The Morgan fingerprint density at radius 3 is 2.46 bits per heavy atom. The second kappa shape index (κ2) is 8.34. The van der Waals surface area contributed by atoms with Crippen LogP contribution in [0.4, 0.5) is 4.79 Å². The highest BCUT2D eigenvalue weighted by molar-refractivity contribution is 5.75. The molecular formula is C20H29N3O. The van der Waals surface area contributed by atoms with Gasteiger partial charge in [-0.15, -0.1) is 0 Å². The molecule has 2 fully saturated rings. The summed E-state index contributed by atoms with van der Waals surface area (Å²) in [6.45, 7) is 6.59. The van der Waals surface area contributed by atoms with Gasteiger partial charge in [0, 0.05) is 38.9 Å². The van der Waals surface area contributed by atoms with Crippen molar-refractivity contribution in [2.45, 2.75) is 39.2 Å². The number of hydrogen-bond donors (Lipinski definition) is 1. The van der Waals surface area contributed by atoms with Crippen LogP contribution in [0.3, 0.4) is 0 Å². The minimum absolute atomic E-state index is 0.0479. The zero-order valence-corrected chi connectivity index (χ0v) is 14.7. The van der Waals surface area contributed by atoms with E-state index in [2.05, 4.69) is 41.4 Å². The zero-order chi connectivity index (χ0) is 16.8. The Balaban J connectivity index is 1.42. The summed E-state index contributed by atoms with van der Waals surface area (Å²) in [6, 6.07) is 10.6. The number of rotatable bonds is 4. The molecule has 1 N–H and O–H groups in total. The van der Waals surface area contributed by atoms with Gasteiger partial charge in [-0.1, -0.05) is 48.7 Å². The van der Waals surface area contributed by atoms with Gasteiger partial charge in [0.2, 0.25) is 0 Å². The van der Waals surface area contributed by atoms with Gasteiger partial charge in [-0.25, -0.2) is 4.79 Å². The standard InChI is InChI=1S/C20H29N3O/c1-17(19-9-5-6-10-19)15-21-20(24)23-13-11-22(12-14-23)16-18-7-3-2-4-8-18/h2-4,7-8,15,19H,5-6,9-14,16H2,1H3,(H,21,24)/b17-15+. The molecule has 2 amide bonds. The van der Waals surface area contributed by atoms with E-state index < -0.39 is 0 Å². The Morgan fingerprint density at radius 2 is 1.79 bits per heavy atom. The van der Waals surface area contributed by atoms with Crippen molar-refractivity contribution in [3.63, 3.8) is 0 Å². The Morgan fingerprint density at radius 1 is 1.12 bits per heavy atom. The van der Waals surface area contributed by atoms with Crippen LogP contribution in [0.2, 0.25) is 0 Å². The molecule has 1 heterocycles. The van der Waals surface area contributed by atoms with Crippen LogP contribution >= 0.6 is 0 Å². The molecule has 0 aromatic heterocycles. The summed E-state index contributed by atoms with van der Waals surface area (Å²) in [4.78, 5) is 16.7. The molecule has 3 rings (SSSR count). The maximum atomic E-state index is 12.3. The zero-order valence-electron chi connectivity index (χ0n) is 14.7. The smallest absolute Gasteiger partial charge is 0.321 e. The lowest BCUT2D eigenvalue weighted by atomic mass is 10.0. The van der Waals surface area contributed by atoms with Crippen molar-refractivity contribution in [2.24, 2.45) is 5.92 Å². The third kappa shape index (κ3) is 4.60. The molecule has 0 atom stereocenters. The molecule has 1 aromatic carbocycles. The lowest BCUT2D eigenvalue weighted by Gasteiger charge is -2.34. The monoisotopic (exact) mass is 327 g/mol. The van der Waals surface area contributed by atoms with Crippen molar-refractivity contribution < 1.29 is 4.79 Å². The fraction of sp³-hybridized carbons (Fsp3) is 0.550. The average molecular weight is 327 g/mol. The van der Waals surface area contributed by atoms with E-state index in [9.17, 15) is 4.79 Å². The van der Waals surface area contributed by atoms with E-state index in [1.807, 2.05) is 17.2 Å². The SMILES string of the molecule is C/C(=C\NC(=O)N1CCN(Cc2ccccc2)CC1)C1CCCC1. The van der Waals surface area contributed by atoms with Crippen molar-refractivity contribution in [1.29, 1.82) is 0 Å². The molecule has 4 nitrogen and oxygen atoms in total. The quantitative estimate of drug-likeness (QED) is 0.917. The number of allylic oxidation sites excluding steroid dienone is 1. The van der Waals surface area contributed by atoms with E-state index in [-0.39, 0.29) is 6.03 Å². The van der Waals surface area contributed by atoms with Gasteiger partial charge in [0.15, 0.2) is 0 Å². The minimum atomic E-state index is 0.0479. The first-order valence-electron chi connectivity index (χ1n) is 9.21. The second-order valence-corrected chi connectivity index (χ2v) is 7.07. The van der Waals surface area contributed by atoms with Crippen LogP contribution in [-0.2, 0) is 6.54 Å². The van der Waals surface area contributed by atoms with E-state index in [0.29, 0.717) is 5.92 Å². The van der Waals surface area contributed by atoms with Gasteiger partial charge in [0.25, 0.3) is 0 Å². The molecule has 130 valence electrons. The molecule has 24 heavy (non-hydrogen) atoms. The van der Waals surface area contributed by atoms with Gasteiger partial charge in [0.05, 0.1) is 0 Å². The second-order valence-electron chi connectivity index (χ2n) is 7.07. The first kappa shape index (κ1) is 17.0. The summed E-state index contributed by atoms with van der Waals surface area (Å²) in [5, 5.41) is 3.00. The lowest BCUT2D eigenvalue weighted by molar-refractivity contribution is 0.137. The Kier molecular flexibility index (Phi) is 5.91. The van der Waals surface area contributed by atoms with Crippen LogP contribution in [0.25, 0.3) is 0 Å².